The van der Waals surface area contributed by atoms with Crippen molar-refractivity contribution in [1.82, 2.24) is 0 Å². The van der Waals surface area contributed by atoms with Crippen LogP contribution in [0.25, 0.3) is 0 Å². The quantitative estimate of drug-likeness (QED) is 0.688. The maximum absolute atomic E-state index is 10.4. The Kier molecular flexibility index (Phi) is 4.70. The first-order chi connectivity index (χ1) is 8.41. The Hall–Kier alpha value is -2.05. The number of phenolic OH excluding ortho intramolecular Hbond substituents is 2. The molecule has 0 amide bonds. The average Bonchev–Trinajstić information content (AvgIpc) is 2.30. The maximum atomic E-state index is 10.4. The van der Waals surface area contributed by atoms with Gasteiger partial charge < -0.3 is 10.2 Å². The van der Waals surface area contributed by atoms with Gasteiger partial charge in [0.25, 0.3) is 10.1 Å². The van der Waals surface area contributed by atoms with Crippen molar-refractivity contribution < 1.29 is 23.2 Å². The van der Waals surface area contributed by atoms with Crippen molar-refractivity contribution in [2.24, 2.45) is 0 Å². The van der Waals surface area contributed by atoms with Gasteiger partial charge in [0.05, 0.1) is 0 Å². The Morgan fingerprint density at radius 1 is 0.778 bits per heavy atom. The van der Waals surface area contributed by atoms with E-state index in [1.807, 2.05) is 6.07 Å². The molecule has 2 aromatic carbocycles. The highest BCUT2D eigenvalue weighted by Gasteiger charge is 2.12. The summed E-state index contributed by atoms with van der Waals surface area (Å²) >= 11 is 0. The molecule has 0 spiro atoms. The molecule has 0 aromatic heterocycles. The van der Waals surface area contributed by atoms with Gasteiger partial charge in [0.1, 0.15) is 16.4 Å². The molecule has 0 saturated heterocycles. The first-order valence-electron chi connectivity index (χ1n) is 4.91. The number of para-hydroxylation sites is 2. The summed E-state index contributed by atoms with van der Waals surface area (Å²) < 4.78 is 29.4. The molecule has 6 heteroatoms. The van der Waals surface area contributed by atoms with Crippen LogP contribution in [0, 0.1) is 0 Å². The number of benzene rings is 2. The molecule has 2 aromatic rings. The minimum Gasteiger partial charge on any atom is -0.508 e. The normalized spacial score (nSPS) is 10.3. The van der Waals surface area contributed by atoms with Crippen LogP contribution in [0.1, 0.15) is 0 Å². The van der Waals surface area contributed by atoms with E-state index in [4.69, 9.17) is 14.8 Å². The maximum Gasteiger partial charge on any atom is 0.298 e. The highest BCUT2D eigenvalue weighted by atomic mass is 32.2. The minimum absolute atomic E-state index is 0.322. The number of phenols is 2. The Bertz CT molecular complexity index is 593. The second-order valence-corrected chi connectivity index (χ2v) is 4.67. The lowest BCUT2D eigenvalue weighted by Gasteiger charge is -1.97. The van der Waals surface area contributed by atoms with Crippen LogP contribution in [0.5, 0.6) is 11.5 Å². The van der Waals surface area contributed by atoms with E-state index in [1.165, 1.54) is 18.2 Å². The zero-order chi connectivity index (χ0) is 13.6. The molecule has 0 bridgehead atoms. The molecule has 3 N–H and O–H groups in total. The molecule has 0 aliphatic carbocycles. The third-order valence-electron chi connectivity index (χ3n) is 1.90. The van der Waals surface area contributed by atoms with E-state index in [0.29, 0.717) is 5.75 Å². The van der Waals surface area contributed by atoms with Gasteiger partial charge in [-0.3, -0.25) is 4.55 Å². The molecule has 5 nitrogen and oxygen atoms in total. The van der Waals surface area contributed by atoms with Gasteiger partial charge in [-0.05, 0) is 24.3 Å². The summed E-state index contributed by atoms with van der Waals surface area (Å²) in [5.74, 6) is -0.127. The van der Waals surface area contributed by atoms with Crippen LogP contribution in [0.3, 0.4) is 0 Å². The van der Waals surface area contributed by atoms with Crippen molar-refractivity contribution in [3.8, 4) is 11.5 Å². The molecule has 2 rings (SSSR count). The van der Waals surface area contributed by atoms with Gasteiger partial charge in [-0.2, -0.15) is 8.42 Å². The fraction of sp³-hybridized carbons (Fsp3) is 0. The van der Waals surface area contributed by atoms with E-state index in [0.717, 1.165) is 6.07 Å². The Labute approximate surface area is 105 Å². The Balaban J connectivity index is 0.000000199. The van der Waals surface area contributed by atoms with Crippen molar-refractivity contribution in [1.29, 1.82) is 0 Å². The van der Waals surface area contributed by atoms with Crippen molar-refractivity contribution in [3.05, 3.63) is 54.6 Å². The summed E-state index contributed by atoms with van der Waals surface area (Å²) in [5.41, 5.74) is 0. The highest BCUT2D eigenvalue weighted by molar-refractivity contribution is 7.86. The van der Waals surface area contributed by atoms with Gasteiger partial charge in [-0.15, -0.1) is 0 Å². The first kappa shape index (κ1) is 14.0. The van der Waals surface area contributed by atoms with Gasteiger partial charge >= 0.3 is 0 Å². The van der Waals surface area contributed by atoms with E-state index >= 15 is 0 Å². The predicted octanol–water partition coefficient (Wildman–Crippen LogP) is 2.03. The van der Waals surface area contributed by atoms with E-state index in [9.17, 15) is 8.42 Å². The molecule has 0 heterocycles. The van der Waals surface area contributed by atoms with Crippen LogP contribution < -0.4 is 0 Å². The molecule has 0 aliphatic heterocycles. The van der Waals surface area contributed by atoms with Crippen LogP contribution in [-0.4, -0.2) is 23.2 Å². The predicted molar refractivity (Wildman–Crippen MR) is 66.0 cm³/mol. The van der Waals surface area contributed by atoms with Crippen LogP contribution in [0.15, 0.2) is 59.5 Å². The molecular weight excluding hydrogens is 256 g/mol. The standard InChI is InChI=1S/C6H6O4S.C6H6O/c7-5-3-1-2-4-6(5)11(8,9)10;7-6-4-2-1-3-5-6/h1-4,7H,(H,8,9,10);1-5,7H. The van der Waals surface area contributed by atoms with Gasteiger partial charge in [-0.1, -0.05) is 30.3 Å². The van der Waals surface area contributed by atoms with Crippen molar-refractivity contribution in [3.63, 3.8) is 0 Å². The zero-order valence-corrected chi connectivity index (χ0v) is 10.1. The number of hydrogen-bond acceptors (Lipinski definition) is 4. The second-order valence-electron chi connectivity index (χ2n) is 3.28. The molecule has 0 radical (unpaired) electrons. The van der Waals surface area contributed by atoms with Crippen molar-refractivity contribution >= 4 is 10.1 Å². The summed E-state index contributed by atoms with van der Waals surface area (Å²) in [5, 5.41) is 17.5. The van der Waals surface area contributed by atoms with Crippen LogP contribution >= 0.6 is 0 Å². The van der Waals surface area contributed by atoms with E-state index in [1.54, 1.807) is 24.3 Å². The first-order valence-corrected chi connectivity index (χ1v) is 6.35. The van der Waals surface area contributed by atoms with E-state index in [-0.39, 0.29) is 0 Å². The number of rotatable bonds is 1. The van der Waals surface area contributed by atoms with E-state index < -0.39 is 20.8 Å². The van der Waals surface area contributed by atoms with Crippen molar-refractivity contribution in [2.75, 3.05) is 0 Å². The third-order valence-corrected chi connectivity index (χ3v) is 2.80. The van der Waals surface area contributed by atoms with Crippen LogP contribution in [-0.2, 0) is 10.1 Å². The largest absolute Gasteiger partial charge is 0.508 e. The smallest absolute Gasteiger partial charge is 0.298 e. The number of aromatic hydroxyl groups is 2. The summed E-state index contributed by atoms with van der Waals surface area (Å²) in [6.07, 6.45) is 0. The molecule has 96 valence electrons. The molecule has 18 heavy (non-hydrogen) atoms. The fourth-order valence-electron chi connectivity index (χ4n) is 1.10. The Morgan fingerprint density at radius 3 is 1.61 bits per heavy atom. The van der Waals surface area contributed by atoms with Crippen LogP contribution in [0.2, 0.25) is 0 Å². The fourth-order valence-corrected chi connectivity index (χ4v) is 1.69. The molecule has 0 fully saturated rings. The average molecular weight is 268 g/mol. The summed E-state index contributed by atoms with van der Waals surface area (Å²) in [6.45, 7) is 0. The SMILES string of the molecule is O=S(=O)(O)c1ccccc1O.Oc1ccccc1. The van der Waals surface area contributed by atoms with Gasteiger partial charge in [-0.25, -0.2) is 0 Å². The molecule has 0 atom stereocenters. The summed E-state index contributed by atoms with van der Waals surface area (Å²) in [4.78, 5) is -0.472. The number of hydrogen-bond donors (Lipinski definition) is 3. The summed E-state index contributed by atoms with van der Waals surface area (Å²) in [6, 6.07) is 13.9. The lowest BCUT2D eigenvalue weighted by Crippen LogP contribution is -1.97. The highest BCUT2D eigenvalue weighted by Crippen LogP contribution is 2.20. The van der Waals surface area contributed by atoms with Gasteiger partial charge in [0.15, 0.2) is 0 Å². The van der Waals surface area contributed by atoms with Crippen molar-refractivity contribution in [2.45, 2.75) is 4.90 Å². The third kappa shape index (κ3) is 4.44. The molecule has 0 unspecified atom stereocenters. The lowest BCUT2D eigenvalue weighted by molar-refractivity contribution is 0.443. The Morgan fingerprint density at radius 2 is 1.28 bits per heavy atom. The van der Waals surface area contributed by atoms with Gasteiger partial charge in [0.2, 0.25) is 0 Å². The zero-order valence-electron chi connectivity index (χ0n) is 9.26. The molecule has 0 aliphatic rings. The van der Waals surface area contributed by atoms with Crippen LogP contribution in [0.4, 0.5) is 0 Å². The minimum atomic E-state index is -4.28. The topological polar surface area (TPSA) is 94.8 Å². The second kappa shape index (κ2) is 6.04. The monoisotopic (exact) mass is 268 g/mol. The molecular formula is C12H12O5S. The van der Waals surface area contributed by atoms with E-state index in [2.05, 4.69) is 0 Å². The summed E-state index contributed by atoms with van der Waals surface area (Å²) in [7, 11) is -4.28. The van der Waals surface area contributed by atoms with Gasteiger partial charge in [0, 0.05) is 0 Å². The molecule has 0 saturated carbocycles. The lowest BCUT2D eigenvalue weighted by atomic mass is 10.3.